The molecule has 1 aliphatic carbocycles. The molecule has 1 aliphatic rings. The Labute approximate surface area is 92.4 Å². The molecule has 0 aromatic carbocycles. The van der Waals surface area contributed by atoms with E-state index >= 15 is 0 Å². The summed E-state index contributed by atoms with van der Waals surface area (Å²) in [5.74, 6) is 0. The maximum Gasteiger partial charge on any atom is 0.0611 e. The van der Waals surface area contributed by atoms with E-state index in [-0.39, 0.29) is 12.1 Å². The Morgan fingerprint density at radius 2 is 2.33 bits per heavy atom. The summed E-state index contributed by atoms with van der Waals surface area (Å²) in [6.07, 6.45) is 4.00. The van der Waals surface area contributed by atoms with Crippen molar-refractivity contribution >= 4 is 0 Å². The van der Waals surface area contributed by atoms with Crippen molar-refractivity contribution in [3.63, 3.8) is 0 Å². The number of aliphatic hydroxyl groups excluding tert-OH is 1. The van der Waals surface area contributed by atoms with Crippen LogP contribution in [0.1, 0.15) is 25.7 Å². The maximum absolute atomic E-state index is 9.18. The van der Waals surface area contributed by atoms with Crippen LogP contribution < -0.4 is 5.73 Å². The Morgan fingerprint density at radius 3 is 2.87 bits per heavy atom. The summed E-state index contributed by atoms with van der Waals surface area (Å²) in [4.78, 5) is 2.34. The first-order valence-electron chi connectivity index (χ1n) is 5.70. The minimum atomic E-state index is -0.333. The van der Waals surface area contributed by atoms with Gasteiger partial charge in [0.05, 0.1) is 6.61 Å². The molecule has 2 atom stereocenters. The quantitative estimate of drug-likeness (QED) is 0.623. The van der Waals surface area contributed by atoms with Crippen LogP contribution in [0.15, 0.2) is 0 Å². The van der Waals surface area contributed by atoms with Crippen LogP contribution >= 0.6 is 0 Å². The van der Waals surface area contributed by atoms with Gasteiger partial charge in [0.25, 0.3) is 0 Å². The fraction of sp³-hybridized carbons (Fsp3) is 1.00. The summed E-state index contributed by atoms with van der Waals surface area (Å²) < 4.78 is 5.03. The van der Waals surface area contributed by atoms with Gasteiger partial charge in [0.2, 0.25) is 0 Å². The van der Waals surface area contributed by atoms with Gasteiger partial charge in [-0.1, -0.05) is 0 Å². The fourth-order valence-electron chi connectivity index (χ4n) is 2.29. The highest BCUT2D eigenvalue weighted by atomic mass is 16.5. The van der Waals surface area contributed by atoms with Crippen LogP contribution in [0.2, 0.25) is 0 Å². The molecule has 0 heterocycles. The zero-order valence-electron chi connectivity index (χ0n) is 9.91. The summed E-state index contributed by atoms with van der Waals surface area (Å²) in [7, 11) is 3.86. The first kappa shape index (κ1) is 12.9. The van der Waals surface area contributed by atoms with E-state index in [0.717, 1.165) is 38.8 Å². The molecule has 0 amide bonds. The van der Waals surface area contributed by atoms with Crippen molar-refractivity contribution in [3.05, 3.63) is 0 Å². The lowest BCUT2D eigenvalue weighted by Crippen LogP contribution is -2.43. The van der Waals surface area contributed by atoms with E-state index in [0.29, 0.717) is 6.04 Å². The number of hydrogen-bond donors (Lipinski definition) is 2. The molecular weight excluding hydrogens is 192 g/mol. The number of hydrogen-bond acceptors (Lipinski definition) is 4. The summed E-state index contributed by atoms with van der Waals surface area (Å²) in [5.41, 5.74) is 5.71. The van der Waals surface area contributed by atoms with Gasteiger partial charge in [-0.2, -0.15) is 0 Å². The van der Waals surface area contributed by atoms with Gasteiger partial charge in [-0.25, -0.2) is 0 Å². The normalized spacial score (nSPS) is 31.4. The lowest BCUT2D eigenvalue weighted by Gasteiger charge is -2.26. The molecule has 90 valence electrons. The van der Waals surface area contributed by atoms with Crippen LogP contribution in [0.3, 0.4) is 0 Å². The third kappa shape index (κ3) is 3.72. The van der Waals surface area contributed by atoms with Crippen LogP contribution in [0.5, 0.6) is 0 Å². The van der Waals surface area contributed by atoms with Crippen molar-refractivity contribution in [3.8, 4) is 0 Å². The molecule has 0 saturated heterocycles. The van der Waals surface area contributed by atoms with E-state index in [1.165, 1.54) is 0 Å². The summed E-state index contributed by atoms with van der Waals surface area (Å²) in [6, 6.07) is 0.527. The number of nitrogens with two attached hydrogens (primary N) is 1. The standard InChI is InChI=1S/C11H24N2O2/c1-13(6-3-7-15-2)10-4-5-11(12,8-10)9-14/h10,14H,3-9,12H2,1-2H3. The predicted molar refractivity (Wildman–Crippen MR) is 60.8 cm³/mol. The van der Waals surface area contributed by atoms with E-state index in [9.17, 15) is 5.11 Å². The van der Waals surface area contributed by atoms with Gasteiger partial charge < -0.3 is 20.5 Å². The van der Waals surface area contributed by atoms with Gasteiger partial charge in [-0.3, -0.25) is 0 Å². The number of rotatable bonds is 6. The first-order chi connectivity index (χ1) is 7.11. The zero-order chi connectivity index (χ0) is 11.3. The highest BCUT2D eigenvalue weighted by molar-refractivity contribution is 4.96. The second-order valence-electron chi connectivity index (χ2n) is 4.74. The SMILES string of the molecule is COCCCN(C)C1CCC(N)(CO)C1. The minimum absolute atomic E-state index is 0.107. The molecule has 0 aromatic rings. The summed E-state index contributed by atoms with van der Waals surface area (Å²) in [5, 5.41) is 9.18. The van der Waals surface area contributed by atoms with Gasteiger partial charge in [0.1, 0.15) is 0 Å². The van der Waals surface area contributed by atoms with Crippen LogP contribution in [0, 0.1) is 0 Å². The first-order valence-corrected chi connectivity index (χ1v) is 5.70. The topological polar surface area (TPSA) is 58.7 Å². The molecule has 0 radical (unpaired) electrons. The monoisotopic (exact) mass is 216 g/mol. The number of methoxy groups -OCH3 is 1. The van der Waals surface area contributed by atoms with Crippen LogP contribution in [0.4, 0.5) is 0 Å². The van der Waals surface area contributed by atoms with Crippen molar-refractivity contribution in [2.45, 2.75) is 37.3 Å². The summed E-state index contributed by atoms with van der Waals surface area (Å²) >= 11 is 0. The van der Waals surface area contributed by atoms with Crippen molar-refractivity contribution < 1.29 is 9.84 Å². The molecule has 0 aliphatic heterocycles. The van der Waals surface area contributed by atoms with E-state index in [1.54, 1.807) is 7.11 Å². The second kappa shape index (κ2) is 5.80. The van der Waals surface area contributed by atoms with E-state index in [1.807, 2.05) is 0 Å². The van der Waals surface area contributed by atoms with Crippen molar-refractivity contribution in [1.29, 1.82) is 0 Å². The average Bonchev–Trinajstić information content (AvgIpc) is 2.62. The molecule has 1 saturated carbocycles. The van der Waals surface area contributed by atoms with E-state index in [2.05, 4.69) is 11.9 Å². The van der Waals surface area contributed by atoms with Gasteiger partial charge in [-0.05, 0) is 32.7 Å². The van der Waals surface area contributed by atoms with Crippen LogP contribution in [0.25, 0.3) is 0 Å². The molecule has 1 rings (SSSR count). The molecule has 1 fully saturated rings. The average molecular weight is 216 g/mol. The van der Waals surface area contributed by atoms with Crippen molar-refractivity contribution in [2.75, 3.05) is 33.9 Å². The van der Waals surface area contributed by atoms with Crippen molar-refractivity contribution in [1.82, 2.24) is 4.90 Å². The second-order valence-corrected chi connectivity index (χ2v) is 4.74. The molecule has 4 nitrogen and oxygen atoms in total. The lowest BCUT2D eigenvalue weighted by molar-refractivity contribution is 0.156. The largest absolute Gasteiger partial charge is 0.394 e. The maximum atomic E-state index is 9.18. The molecular formula is C11H24N2O2. The fourth-order valence-corrected chi connectivity index (χ4v) is 2.29. The van der Waals surface area contributed by atoms with Gasteiger partial charge >= 0.3 is 0 Å². The Kier molecular flexibility index (Phi) is 4.99. The van der Waals surface area contributed by atoms with Crippen molar-refractivity contribution in [2.24, 2.45) is 5.73 Å². The molecule has 4 heteroatoms. The summed E-state index contributed by atoms with van der Waals surface area (Å²) in [6.45, 7) is 1.96. The molecule has 2 unspecified atom stereocenters. The zero-order valence-corrected chi connectivity index (χ0v) is 9.91. The van der Waals surface area contributed by atoms with E-state index < -0.39 is 0 Å². The molecule has 3 N–H and O–H groups in total. The van der Waals surface area contributed by atoms with Crippen LogP contribution in [-0.4, -0.2) is 55.5 Å². The number of aliphatic hydroxyl groups is 1. The van der Waals surface area contributed by atoms with Crippen LogP contribution in [-0.2, 0) is 4.74 Å². The number of nitrogens with zero attached hydrogens (tertiary/aromatic N) is 1. The third-order valence-electron chi connectivity index (χ3n) is 3.42. The molecule has 0 spiro atoms. The highest BCUT2D eigenvalue weighted by Gasteiger charge is 2.36. The Bertz CT molecular complexity index is 189. The molecule has 15 heavy (non-hydrogen) atoms. The van der Waals surface area contributed by atoms with Gasteiger partial charge in [0.15, 0.2) is 0 Å². The Balaban J connectivity index is 2.27. The smallest absolute Gasteiger partial charge is 0.0611 e. The lowest BCUT2D eigenvalue weighted by atomic mass is 10.0. The third-order valence-corrected chi connectivity index (χ3v) is 3.42. The van der Waals surface area contributed by atoms with Gasteiger partial charge in [0, 0.05) is 31.8 Å². The Morgan fingerprint density at radius 1 is 1.60 bits per heavy atom. The molecule has 0 aromatic heterocycles. The Hall–Kier alpha value is -0.160. The molecule has 0 bridgehead atoms. The van der Waals surface area contributed by atoms with Gasteiger partial charge in [-0.15, -0.1) is 0 Å². The minimum Gasteiger partial charge on any atom is -0.394 e. The highest BCUT2D eigenvalue weighted by Crippen LogP contribution is 2.30. The number of ether oxygens (including phenoxy) is 1. The predicted octanol–water partition coefficient (Wildman–Crippen LogP) is 0.197. The van der Waals surface area contributed by atoms with E-state index in [4.69, 9.17) is 10.5 Å².